The molecule has 78 valence electrons. The SMILES string of the molecule is CC(C)Cc1csc(C(N)C(=O)O)n1. The van der Waals surface area contributed by atoms with Crippen molar-refractivity contribution in [2.75, 3.05) is 0 Å². The van der Waals surface area contributed by atoms with Crippen molar-refractivity contribution in [3.05, 3.63) is 16.1 Å². The minimum absolute atomic E-state index is 0.480. The lowest BCUT2D eigenvalue weighted by Crippen LogP contribution is -2.20. The lowest BCUT2D eigenvalue weighted by molar-refractivity contribution is -0.138. The first kappa shape index (κ1) is 11.1. The van der Waals surface area contributed by atoms with E-state index in [0.29, 0.717) is 10.9 Å². The highest BCUT2D eigenvalue weighted by Crippen LogP contribution is 2.18. The Balaban J connectivity index is 2.72. The van der Waals surface area contributed by atoms with Crippen LogP contribution >= 0.6 is 11.3 Å². The minimum atomic E-state index is -1.03. The standard InChI is InChI=1S/C9H14N2O2S/c1-5(2)3-6-4-14-8(11-6)7(10)9(12)13/h4-5,7H,3,10H2,1-2H3,(H,12,13). The van der Waals surface area contributed by atoms with E-state index < -0.39 is 12.0 Å². The Bertz CT molecular complexity index is 322. The second kappa shape index (κ2) is 4.52. The van der Waals surface area contributed by atoms with E-state index in [0.717, 1.165) is 12.1 Å². The summed E-state index contributed by atoms with van der Waals surface area (Å²) in [6.45, 7) is 4.19. The van der Waals surface area contributed by atoms with E-state index in [4.69, 9.17) is 10.8 Å². The van der Waals surface area contributed by atoms with Crippen LogP contribution in [0.25, 0.3) is 0 Å². The van der Waals surface area contributed by atoms with Crippen LogP contribution in [0.3, 0.4) is 0 Å². The zero-order valence-electron chi connectivity index (χ0n) is 8.23. The summed E-state index contributed by atoms with van der Waals surface area (Å²) in [5.41, 5.74) is 6.36. The monoisotopic (exact) mass is 214 g/mol. The molecule has 14 heavy (non-hydrogen) atoms. The Morgan fingerprint density at radius 2 is 2.36 bits per heavy atom. The van der Waals surface area contributed by atoms with Crippen LogP contribution in [0.15, 0.2) is 5.38 Å². The number of nitrogens with zero attached hydrogens (tertiary/aromatic N) is 1. The fraction of sp³-hybridized carbons (Fsp3) is 0.556. The number of hydrogen-bond acceptors (Lipinski definition) is 4. The van der Waals surface area contributed by atoms with Gasteiger partial charge in [-0.3, -0.25) is 4.79 Å². The molecule has 0 aliphatic carbocycles. The molecule has 0 aliphatic rings. The van der Waals surface area contributed by atoms with Crippen LogP contribution < -0.4 is 5.73 Å². The van der Waals surface area contributed by atoms with Gasteiger partial charge in [0.05, 0.1) is 5.69 Å². The summed E-state index contributed by atoms with van der Waals surface area (Å²) < 4.78 is 0. The number of carboxylic acid groups (broad SMARTS) is 1. The maximum atomic E-state index is 10.6. The van der Waals surface area contributed by atoms with Crippen molar-refractivity contribution < 1.29 is 9.90 Å². The molecule has 0 fully saturated rings. The van der Waals surface area contributed by atoms with Gasteiger partial charge in [-0.15, -0.1) is 11.3 Å². The molecule has 1 atom stereocenters. The Labute approximate surface area is 86.8 Å². The lowest BCUT2D eigenvalue weighted by atomic mass is 10.1. The van der Waals surface area contributed by atoms with Gasteiger partial charge in [0.2, 0.25) is 0 Å². The summed E-state index contributed by atoms with van der Waals surface area (Å²) in [4.78, 5) is 14.8. The van der Waals surface area contributed by atoms with E-state index in [2.05, 4.69) is 18.8 Å². The Kier molecular flexibility index (Phi) is 3.60. The number of carboxylic acids is 1. The maximum Gasteiger partial charge on any atom is 0.327 e. The number of aromatic nitrogens is 1. The van der Waals surface area contributed by atoms with E-state index in [1.165, 1.54) is 11.3 Å². The molecule has 1 heterocycles. The van der Waals surface area contributed by atoms with Crippen LogP contribution in [0.1, 0.15) is 30.6 Å². The first-order valence-electron chi connectivity index (χ1n) is 4.43. The normalized spacial score (nSPS) is 13.1. The molecule has 1 rings (SSSR count). The van der Waals surface area contributed by atoms with Crippen molar-refractivity contribution >= 4 is 17.3 Å². The third kappa shape index (κ3) is 2.78. The molecule has 0 aliphatic heterocycles. The minimum Gasteiger partial charge on any atom is -0.480 e. The number of rotatable bonds is 4. The third-order valence-corrected chi connectivity index (χ3v) is 2.70. The zero-order valence-corrected chi connectivity index (χ0v) is 9.04. The highest BCUT2D eigenvalue weighted by molar-refractivity contribution is 7.09. The lowest BCUT2D eigenvalue weighted by Gasteiger charge is -2.01. The molecule has 0 aromatic carbocycles. The van der Waals surface area contributed by atoms with Crippen molar-refractivity contribution in [3.8, 4) is 0 Å². The predicted octanol–water partition coefficient (Wildman–Crippen LogP) is 1.43. The zero-order chi connectivity index (χ0) is 10.7. The molecule has 0 spiro atoms. The van der Waals surface area contributed by atoms with E-state index >= 15 is 0 Å². The van der Waals surface area contributed by atoms with Crippen LogP contribution in [-0.4, -0.2) is 16.1 Å². The summed E-state index contributed by atoms with van der Waals surface area (Å²) >= 11 is 1.31. The number of aliphatic carboxylic acids is 1. The topological polar surface area (TPSA) is 76.2 Å². The molecule has 0 bridgehead atoms. The van der Waals surface area contributed by atoms with Gasteiger partial charge in [0, 0.05) is 5.38 Å². The molecule has 4 nitrogen and oxygen atoms in total. The van der Waals surface area contributed by atoms with Crippen molar-refractivity contribution in [2.45, 2.75) is 26.3 Å². The fourth-order valence-corrected chi connectivity index (χ4v) is 1.91. The van der Waals surface area contributed by atoms with Gasteiger partial charge >= 0.3 is 5.97 Å². The molecule has 1 aromatic heterocycles. The maximum absolute atomic E-state index is 10.6. The van der Waals surface area contributed by atoms with Gasteiger partial charge in [0.25, 0.3) is 0 Å². The second-order valence-electron chi connectivity index (χ2n) is 3.59. The Hall–Kier alpha value is -0.940. The van der Waals surface area contributed by atoms with Gasteiger partial charge in [-0.25, -0.2) is 4.98 Å². The van der Waals surface area contributed by atoms with Crippen molar-refractivity contribution in [3.63, 3.8) is 0 Å². The van der Waals surface area contributed by atoms with Crippen LogP contribution in [-0.2, 0) is 11.2 Å². The highest BCUT2D eigenvalue weighted by atomic mass is 32.1. The molecule has 1 aromatic rings. The van der Waals surface area contributed by atoms with Gasteiger partial charge in [-0.2, -0.15) is 0 Å². The fourth-order valence-electron chi connectivity index (χ4n) is 1.08. The highest BCUT2D eigenvalue weighted by Gasteiger charge is 2.18. The summed E-state index contributed by atoms with van der Waals surface area (Å²) in [7, 11) is 0. The summed E-state index contributed by atoms with van der Waals surface area (Å²) in [6, 6.07) is -0.985. The van der Waals surface area contributed by atoms with E-state index in [1.54, 1.807) is 0 Å². The van der Waals surface area contributed by atoms with E-state index in [-0.39, 0.29) is 0 Å². The number of carbonyl (C=O) groups is 1. The quantitative estimate of drug-likeness (QED) is 0.794. The van der Waals surface area contributed by atoms with Crippen LogP contribution in [0.4, 0.5) is 0 Å². The van der Waals surface area contributed by atoms with Gasteiger partial charge in [0.1, 0.15) is 5.01 Å². The number of hydrogen-bond donors (Lipinski definition) is 2. The van der Waals surface area contributed by atoms with Gasteiger partial charge in [-0.05, 0) is 12.3 Å². The molecule has 0 saturated carbocycles. The average molecular weight is 214 g/mol. The molecule has 0 radical (unpaired) electrons. The molecular weight excluding hydrogens is 200 g/mol. The predicted molar refractivity (Wildman–Crippen MR) is 55.2 cm³/mol. The first-order chi connectivity index (χ1) is 6.50. The van der Waals surface area contributed by atoms with Crippen molar-refractivity contribution in [1.82, 2.24) is 4.98 Å². The average Bonchev–Trinajstić information content (AvgIpc) is 2.50. The Morgan fingerprint density at radius 3 is 2.86 bits per heavy atom. The van der Waals surface area contributed by atoms with E-state index in [1.807, 2.05) is 5.38 Å². The van der Waals surface area contributed by atoms with Gasteiger partial charge < -0.3 is 10.8 Å². The third-order valence-electron chi connectivity index (χ3n) is 1.72. The van der Waals surface area contributed by atoms with Gasteiger partial charge in [-0.1, -0.05) is 13.8 Å². The van der Waals surface area contributed by atoms with E-state index in [9.17, 15) is 4.79 Å². The van der Waals surface area contributed by atoms with Gasteiger partial charge in [0.15, 0.2) is 6.04 Å². The summed E-state index contributed by atoms with van der Waals surface area (Å²) in [5, 5.41) is 11.0. The van der Waals surface area contributed by atoms with Crippen molar-refractivity contribution in [2.24, 2.45) is 11.7 Å². The molecule has 5 heteroatoms. The molecule has 0 saturated heterocycles. The molecule has 0 amide bonds. The van der Waals surface area contributed by atoms with Crippen LogP contribution in [0, 0.1) is 5.92 Å². The Morgan fingerprint density at radius 1 is 1.71 bits per heavy atom. The molecule has 3 N–H and O–H groups in total. The van der Waals surface area contributed by atoms with Crippen LogP contribution in [0.2, 0.25) is 0 Å². The summed E-state index contributed by atoms with van der Waals surface area (Å²) in [5.74, 6) is -0.513. The second-order valence-corrected chi connectivity index (χ2v) is 4.48. The smallest absolute Gasteiger partial charge is 0.327 e. The van der Waals surface area contributed by atoms with Crippen LogP contribution in [0.5, 0.6) is 0 Å². The summed E-state index contributed by atoms with van der Waals surface area (Å²) in [6.07, 6.45) is 0.864. The number of thiazole rings is 1. The van der Waals surface area contributed by atoms with Crippen molar-refractivity contribution in [1.29, 1.82) is 0 Å². The largest absolute Gasteiger partial charge is 0.480 e. The molecular formula is C9H14N2O2S. The number of nitrogens with two attached hydrogens (primary N) is 1. The first-order valence-corrected chi connectivity index (χ1v) is 5.31. The molecule has 1 unspecified atom stereocenters.